The Labute approximate surface area is 108 Å². The lowest BCUT2D eigenvalue weighted by molar-refractivity contribution is 0.0961. The Balaban J connectivity index is 2.60. The van der Waals surface area contributed by atoms with Crippen molar-refractivity contribution in [1.29, 1.82) is 0 Å². The maximum Gasteiger partial charge on any atom is 0.240 e. The third-order valence-electron chi connectivity index (χ3n) is 2.56. The van der Waals surface area contributed by atoms with Gasteiger partial charge in [-0.3, -0.25) is 0 Å². The van der Waals surface area contributed by atoms with Crippen molar-refractivity contribution in [3.05, 3.63) is 29.3 Å². The predicted molar refractivity (Wildman–Crippen MR) is 69.0 cm³/mol. The lowest BCUT2D eigenvalue weighted by atomic mass is 10.1. The summed E-state index contributed by atoms with van der Waals surface area (Å²) in [5.41, 5.74) is 2.00. The van der Waals surface area contributed by atoms with Gasteiger partial charge in [-0.05, 0) is 37.1 Å². The average molecular weight is 273 g/mol. The molecule has 5 nitrogen and oxygen atoms in total. The second-order valence-corrected chi connectivity index (χ2v) is 5.75. The molecule has 102 valence electrons. The summed E-state index contributed by atoms with van der Waals surface area (Å²) in [5, 5.41) is 8.50. The number of benzene rings is 1. The highest BCUT2D eigenvalue weighted by molar-refractivity contribution is 7.89. The molecular formula is C12H19NO4S. The molecule has 0 aliphatic carbocycles. The fraction of sp³-hybridized carbons (Fsp3) is 0.500. The molecule has 0 aliphatic heterocycles. The molecule has 0 bridgehead atoms. The number of sulfonamides is 1. The van der Waals surface area contributed by atoms with Gasteiger partial charge in [-0.25, -0.2) is 13.1 Å². The van der Waals surface area contributed by atoms with Gasteiger partial charge < -0.3 is 9.84 Å². The minimum absolute atomic E-state index is 0.0656. The summed E-state index contributed by atoms with van der Waals surface area (Å²) in [4.78, 5) is 0.257. The Morgan fingerprint density at radius 2 is 1.94 bits per heavy atom. The molecule has 0 spiro atoms. The van der Waals surface area contributed by atoms with Gasteiger partial charge in [0.05, 0.1) is 24.7 Å². The lowest BCUT2D eigenvalue weighted by Gasteiger charge is -2.08. The molecule has 6 heteroatoms. The number of aliphatic hydroxyl groups excluding tert-OH is 1. The molecule has 0 atom stereocenters. The first-order valence-corrected chi connectivity index (χ1v) is 7.21. The summed E-state index contributed by atoms with van der Waals surface area (Å²) < 4.78 is 31.3. The number of ether oxygens (including phenoxy) is 1. The number of hydrogen-bond acceptors (Lipinski definition) is 4. The zero-order valence-corrected chi connectivity index (χ0v) is 11.5. The Hall–Kier alpha value is -0.950. The topological polar surface area (TPSA) is 75.6 Å². The Bertz CT molecular complexity index is 485. The van der Waals surface area contributed by atoms with E-state index < -0.39 is 10.0 Å². The van der Waals surface area contributed by atoms with E-state index in [4.69, 9.17) is 9.84 Å². The van der Waals surface area contributed by atoms with Gasteiger partial charge >= 0.3 is 0 Å². The molecular weight excluding hydrogens is 254 g/mol. The first-order chi connectivity index (χ1) is 8.47. The van der Waals surface area contributed by atoms with Gasteiger partial charge in [-0.15, -0.1) is 0 Å². The van der Waals surface area contributed by atoms with E-state index >= 15 is 0 Å². The summed E-state index contributed by atoms with van der Waals surface area (Å²) >= 11 is 0. The fourth-order valence-electron chi connectivity index (χ4n) is 1.38. The Morgan fingerprint density at radius 3 is 2.56 bits per heavy atom. The van der Waals surface area contributed by atoms with Crippen LogP contribution in [-0.4, -0.2) is 39.9 Å². The smallest absolute Gasteiger partial charge is 0.240 e. The summed E-state index contributed by atoms with van der Waals surface area (Å²) in [7, 11) is -3.48. The van der Waals surface area contributed by atoms with E-state index in [0.717, 1.165) is 11.1 Å². The molecule has 0 fully saturated rings. The van der Waals surface area contributed by atoms with Crippen molar-refractivity contribution in [2.75, 3.05) is 26.4 Å². The molecule has 1 rings (SSSR count). The highest BCUT2D eigenvalue weighted by atomic mass is 32.2. The largest absolute Gasteiger partial charge is 0.394 e. The number of aliphatic hydroxyl groups is 1. The van der Waals surface area contributed by atoms with Gasteiger partial charge in [0.15, 0.2) is 0 Å². The van der Waals surface area contributed by atoms with Crippen LogP contribution in [0.1, 0.15) is 11.1 Å². The van der Waals surface area contributed by atoms with Gasteiger partial charge in [-0.2, -0.15) is 0 Å². The third kappa shape index (κ3) is 4.38. The quantitative estimate of drug-likeness (QED) is 0.713. The molecule has 0 saturated carbocycles. The van der Waals surface area contributed by atoms with Crippen molar-refractivity contribution < 1.29 is 18.3 Å². The second-order valence-electron chi connectivity index (χ2n) is 3.98. The van der Waals surface area contributed by atoms with E-state index in [1.165, 1.54) is 0 Å². The maximum absolute atomic E-state index is 11.9. The van der Waals surface area contributed by atoms with E-state index in [1.807, 2.05) is 13.8 Å². The fourth-order valence-corrected chi connectivity index (χ4v) is 2.48. The van der Waals surface area contributed by atoms with Crippen LogP contribution in [0.2, 0.25) is 0 Å². The SMILES string of the molecule is Cc1ccc(S(=O)(=O)NCCOCCO)cc1C. The van der Waals surface area contributed by atoms with Crippen molar-refractivity contribution >= 4 is 10.0 Å². The Morgan fingerprint density at radius 1 is 1.22 bits per heavy atom. The molecule has 0 saturated heterocycles. The second kappa shape index (κ2) is 6.84. The highest BCUT2D eigenvalue weighted by Crippen LogP contribution is 2.14. The van der Waals surface area contributed by atoms with Crippen molar-refractivity contribution in [3.8, 4) is 0 Å². The highest BCUT2D eigenvalue weighted by Gasteiger charge is 2.13. The van der Waals surface area contributed by atoms with E-state index in [2.05, 4.69) is 4.72 Å². The summed E-state index contributed by atoms with van der Waals surface area (Å²) in [6.45, 7) is 4.38. The zero-order valence-electron chi connectivity index (χ0n) is 10.6. The number of aryl methyl sites for hydroxylation is 2. The number of nitrogens with one attached hydrogen (secondary N) is 1. The lowest BCUT2D eigenvalue weighted by Crippen LogP contribution is -2.27. The van der Waals surface area contributed by atoms with Gasteiger partial charge in [-0.1, -0.05) is 6.07 Å². The van der Waals surface area contributed by atoms with E-state index in [9.17, 15) is 8.42 Å². The molecule has 18 heavy (non-hydrogen) atoms. The summed E-state index contributed by atoms with van der Waals surface area (Å²) in [6.07, 6.45) is 0. The van der Waals surface area contributed by atoms with Crippen LogP contribution < -0.4 is 4.72 Å². The van der Waals surface area contributed by atoms with Crippen LogP contribution in [0.4, 0.5) is 0 Å². The van der Waals surface area contributed by atoms with Crippen LogP contribution in [0.25, 0.3) is 0 Å². The van der Waals surface area contributed by atoms with Crippen molar-refractivity contribution in [3.63, 3.8) is 0 Å². The van der Waals surface area contributed by atoms with Crippen LogP contribution >= 0.6 is 0 Å². The summed E-state index contributed by atoms with van der Waals surface area (Å²) in [5.74, 6) is 0. The molecule has 0 heterocycles. The zero-order chi connectivity index (χ0) is 13.6. The van der Waals surface area contributed by atoms with Crippen LogP contribution in [-0.2, 0) is 14.8 Å². The molecule has 0 radical (unpaired) electrons. The molecule has 0 unspecified atom stereocenters. The van der Waals surface area contributed by atoms with E-state index in [1.54, 1.807) is 18.2 Å². The monoisotopic (exact) mass is 273 g/mol. The molecule has 0 amide bonds. The van der Waals surface area contributed by atoms with Crippen molar-refractivity contribution in [2.45, 2.75) is 18.7 Å². The molecule has 1 aromatic carbocycles. The third-order valence-corrected chi connectivity index (χ3v) is 4.02. The van der Waals surface area contributed by atoms with E-state index in [0.29, 0.717) is 0 Å². The van der Waals surface area contributed by atoms with Gasteiger partial charge in [0, 0.05) is 6.54 Å². The predicted octanol–water partition coefficient (Wildman–Crippen LogP) is 0.591. The average Bonchev–Trinajstić information content (AvgIpc) is 2.32. The molecule has 0 aromatic heterocycles. The van der Waals surface area contributed by atoms with Crippen molar-refractivity contribution in [2.24, 2.45) is 0 Å². The maximum atomic E-state index is 11.9. The van der Waals surface area contributed by atoms with E-state index in [-0.39, 0.29) is 31.3 Å². The molecule has 1 aromatic rings. The van der Waals surface area contributed by atoms with Crippen LogP contribution in [0.5, 0.6) is 0 Å². The standard InChI is InChI=1S/C12H19NO4S/c1-10-3-4-12(9-11(10)2)18(15,16)13-5-7-17-8-6-14/h3-4,9,13-14H,5-8H2,1-2H3. The van der Waals surface area contributed by atoms with Crippen molar-refractivity contribution in [1.82, 2.24) is 4.72 Å². The molecule has 2 N–H and O–H groups in total. The van der Waals surface area contributed by atoms with Crippen LogP contribution in [0.3, 0.4) is 0 Å². The van der Waals surface area contributed by atoms with Gasteiger partial charge in [0.25, 0.3) is 0 Å². The minimum atomic E-state index is -3.48. The molecule has 0 aliphatic rings. The first kappa shape index (κ1) is 15.1. The minimum Gasteiger partial charge on any atom is -0.394 e. The Kier molecular flexibility index (Phi) is 5.74. The number of hydrogen-bond donors (Lipinski definition) is 2. The van der Waals surface area contributed by atoms with Crippen LogP contribution in [0.15, 0.2) is 23.1 Å². The first-order valence-electron chi connectivity index (χ1n) is 5.73. The van der Waals surface area contributed by atoms with Gasteiger partial charge in [0.1, 0.15) is 0 Å². The van der Waals surface area contributed by atoms with Crippen LogP contribution in [0, 0.1) is 13.8 Å². The number of rotatable bonds is 7. The normalized spacial score (nSPS) is 11.7. The van der Waals surface area contributed by atoms with Gasteiger partial charge in [0.2, 0.25) is 10.0 Å². The summed E-state index contributed by atoms with van der Waals surface area (Å²) in [6, 6.07) is 5.01.